The second-order valence-corrected chi connectivity index (χ2v) is 9.26. The molecule has 4 nitrogen and oxygen atoms in total. The van der Waals surface area contributed by atoms with Crippen LogP contribution >= 0.6 is 11.8 Å². The third kappa shape index (κ3) is 7.50. The molecule has 1 unspecified atom stereocenters. The normalized spacial score (nSPS) is 11.6. The number of benzene rings is 3. The van der Waals surface area contributed by atoms with Gasteiger partial charge >= 0.3 is 0 Å². The summed E-state index contributed by atoms with van der Waals surface area (Å²) in [5.74, 6) is 0.107. The van der Waals surface area contributed by atoms with Crippen LogP contribution < -0.4 is 5.32 Å². The van der Waals surface area contributed by atoms with Crippen molar-refractivity contribution in [1.82, 2.24) is 10.2 Å². The van der Waals surface area contributed by atoms with Crippen molar-refractivity contribution in [3.05, 3.63) is 101 Å². The van der Waals surface area contributed by atoms with Crippen molar-refractivity contribution in [2.45, 2.75) is 44.7 Å². The van der Waals surface area contributed by atoms with Crippen LogP contribution in [0.15, 0.2) is 83.8 Å². The van der Waals surface area contributed by atoms with Gasteiger partial charge in [0.05, 0.1) is 5.75 Å². The highest BCUT2D eigenvalue weighted by Crippen LogP contribution is 2.21. The topological polar surface area (TPSA) is 49.4 Å². The van der Waals surface area contributed by atoms with Gasteiger partial charge in [0.2, 0.25) is 11.8 Å². The van der Waals surface area contributed by atoms with Gasteiger partial charge in [-0.05, 0) is 44.0 Å². The maximum atomic E-state index is 13.5. The van der Waals surface area contributed by atoms with Crippen molar-refractivity contribution in [1.29, 1.82) is 0 Å². The summed E-state index contributed by atoms with van der Waals surface area (Å²) in [5, 5.41) is 2.94. The predicted octanol–water partition coefficient (Wildman–Crippen LogP) is 5.17. The van der Waals surface area contributed by atoms with E-state index in [9.17, 15) is 9.59 Å². The molecule has 0 heterocycles. The minimum Gasteiger partial charge on any atom is -0.355 e. The van der Waals surface area contributed by atoms with Gasteiger partial charge in [0.1, 0.15) is 6.04 Å². The van der Waals surface area contributed by atoms with E-state index in [1.54, 1.807) is 4.90 Å². The fourth-order valence-corrected chi connectivity index (χ4v) is 4.38. The third-order valence-electron chi connectivity index (χ3n) is 5.48. The van der Waals surface area contributed by atoms with E-state index in [1.165, 1.54) is 17.3 Å². The number of hydrogen-bond donors (Lipinski definition) is 1. The molecule has 2 amide bonds. The molecule has 3 aromatic carbocycles. The average molecular weight is 461 g/mol. The Morgan fingerprint density at radius 1 is 0.848 bits per heavy atom. The van der Waals surface area contributed by atoms with E-state index in [0.29, 0.717) is 19.5 Å². The highest BCUT2D eigenvalue weighted by molar-refractivity contribution is 8.00. The first-order valence-electron chi connectivity index (χ1n) is 11.3. The van der Waals surface area contributed by atoms with Gasteiger partial charge in [-0.15, -0.1) is 11.8 Å². The van der Waals surface area contributed by atoms with Crippen LogP contribution in [-0.4, -0.2) is 35.1 Å². The van der Waals surface area contributed by atoms with Crippen LogP contribution in [0.5, 0.6) is 0 Å². The van der Waals surface area contributed by atoms with E-state index in [1.807, 2.05) is 99.6 Å². The number of aryl methyl sites for hydroxylation is 2. The molecule has 0 fully saturated rings. The number of carbonyl (C=O) groups excluding carboxylic acids is 2. The molecule has 0 aliphatic rings. The molecule has 5 heteroatoms. The molecule has 0 spiro atoms. The predicted molar refractivity (Wildman–Crippen MR) is 136 cm³/mol. The summed E-state index contributed by atoms with van der Waals surface area (Å²) < 4.78 is 0. The quantitative estimate of drug-likeness (QED) is 0.425. The largest absolute Gasteiger partial charge is 0.355 e. The van der Waals surface area contributed by atoms with Gasteiger partial charge in [-0.25, -0.2) is 0 Å². The Bertz CT molecular complexity index is 1030. The van der Waals surface area contributed by atoms with E-state index in [2.05, 4.69) is 5.32 Å². The monoisotopic (exact) mass is 460 g/mol. The van der Waals surface area contributed by atoms with Crippen LogP contribution in [0.1, 0.15) is 29.2 Å². The fraction of sp³-hybridized carbons (Fsp3) is 0.286. The van der Waals surface area contributed by atoms with Crippen LogP contribution in [0.3, 0.4) is 0 Å². The lowest BCUT2D eigenvalue weighted by atomic mass is 10.0. The van der Waals surface area contributed by atoms with Crippen molar-refractivity contribution in [3.8, 4) is 0 Å². The van der Waals surface area contributed by atoms with Crippen molar-refractivity contribution in [2.75, 3.05) is 12.3 Å². The Labute approximate surface area is 201 Å². The Kier molecular flexibility index (Phi) is 9.14. The smallest absolute Gasteiger partial charge is 0.243 e. The maximum Gasteiger partial charge on any atom is 0.243 e. The van der Waals surface area contributed by atoms with Gasteiger partial charge in [0.15, 0.2) is 0 Å². The summed E-state index contributed by atoms with van der Waals surface area (Å²) >= 11 is 1.50. The Morgan fingerprint density at radius 3 is 2.06 bits per heavy atom. The number of amides is 2. The lowest BCUT2D eigenvalue weighted by molar-refractivity contribution is -0.139. The highest BCUT2D eigenvalue weighted by Gasteiger charge is 2.30. The van der Waals surface area contributed by atoms with Crippen LogP contribution in [0.25, 0.3) is 0 Å². The van der Waals surface area contributed by atoms with E-state index < -0.39 is 6.04 Å². The number of thioether (sulfide) groups is 1. The minimum absolute atomic E-state index is 0.0478. The van der Waals surface area contributed by atoms with Crippen molar-refractivity contribution in [3.63, 3.8) is 0 Å². The standard InChI is InChI=1S/C28H32N2O2S/c1-4-29-28(32)26(18-23-8-6-5-7-9-23)30(19-24-14-10-21(2)11-15-24)27(31)20-33-25-16-12-22(3)13-17-25/h5-17,26H,4,18-20H2,1-3H3,(H,29,32). The second-order valence-electron chi connectivity index (χ2n) is 8.21. The highest BCUT2D eigenvalue weighted by atomic mass is 32.2. The molecular weight excluding hydrogens is 428 g/mol. The molecular formula is C28H32N2O2S. The molecule has 0 radical (unpaired) electrons. The second kappa shape index (κ2) is 12.3. The van der Waals surface area contributed by atoms with Gasteiger partial charge in [0.25, 0.3) is 0 Å². The molecule has 3 aromatic rings. The van der Waals surface area contributed by atoms with Crippen molar-refractivity contribution >= 4 is 23.6 Å². The van der Waals surface area contributed by atoms with Crippen LogP contribution in [0.2, 0.25) is 0 Å². The molecule has 0 bridgehead atoms. The van der Waals surface area contributed by atoms with Gasteiger partial charge in [-0.2, -0.15) is 0 Å². The van der Waals surface area contributed by atoms with E-state index >= 15 is 0 Å². The SMILES string of the molecule is CCNC(=O)C(Cc1ccccc1)N(Cc1ccc(C)cc1)C(=O)CSc1ccc(C)cc1. The lowest BCUT2D eigenvalue weighted by Gasteiger charge is -2.31. The maximum absolute atomic E-state index is 13.5. The Hall–Kier alpha value is -3.05. The molecule has 0 saturated carbocycles. The number of nitrogens with one attached hydrogen (secondary N) is 1. The third-order valence-corrected chi connectivity index (χ3v) is 6.48. The summed E-state index contributed by atoms with van der Waals surface area (Å²) in [6.45, 7) is 6.90. The zero-order valence-electron chi connectivity index (χ0n) is 19.6. The number of carbonyl (C=O) groups is 2. The number of hydrogen-bond acceptors (Lipinski definition) is 3. The molecule has 3 rings (SSSR count). The van der Waals surface area contributed by atoms with Crippen LogP contribution in [0.4, 0.5) is 0 Å². The number of rotatable bonds is 10. The van der Waals surface area contributed by atoms with Gasteiger partial charge < -0.3 is 10.2 Å². The molecule has 33 heavy (non-hydrogen) atoms. The first kappa shape index (κ1) is 24.6. The lowest BCUT2D eigenvalue weighted by Crippen LogP contribution is -2.51. The summed E-state index contributed by atoms with van der Waals surface area (Å²) in [6.07, 6.45) is 0.472. The van der Waals surface area contributed by atoms with E-state index in [4.69, 9.17) is 0 Å². The Balaban J connectivity index is 1.87. The van der Waals surface area contributed by atoms with Crippen molar-refractivity contribution < 1.29 is 9.59 Å². The van der Waals surface area contributed by atoms with Crippen LogP contribution in [0, 0.1) is 13.8 Å². The molecule has 172 valence electrons. The van der Waals surface area contributed by atoms with Gasteiger partial charge in [-0.1, -0.05) is 77.9 Å². The van der Waals surface area contributed by atoms with Crippen LogP contribution in [-0.2, 0) is 22.6 Å². The summed E-state index contributed by atoms with van der Waals surface area (Å²) in [6, 6.07) is 25.6. The van der Waals surface area contributed by atoms with E-state index in [-0.39, 0.29) is 17.6 Å². The molecule has 0 saturated heterocycles. The fourth-order valence-electron chi connectivity index (χ4n) is 3.60. The van der Waals surface area contributed by atoms with Gasteiger partial charge in [-0.3, -0.25) is 9.59 Å². The Morgan fingerprint density at radius 2 is 1.45 bits per heavy atom. The van der Waals surface area contributed by atoms with Crippen molar-refractivity contribution in [2.24, 2.45) is 0 Å². The molecule has 0 aromatic heterocycles. The van der Waals surface area contributed by atoms with Gasteiger partial charge in [0, 0.05) is 24.4 Å². The molecule has 1 N–H and O–H groups in total. The first-order chi connectivity index (χ1) is 16.0. The molecule has 1 atom stereocenters. The number of likely N-dealkylation sites (N-methyl/N-ethyl adjacent to an activating group) is 1. The average Bonchev–Trinajstić information content (AvgIpc) is 2.82. The first-order valence-corrected chi connectivity index (χ1v) is 12.3. The number of nitrogens with zero attached hydrogens (tertiary/aromatic N) is 1. The van der Waals surface area contributed by atoms with E-state index in [0.717, 1.165) is 21.6 Å². The molecule has 0 aliphatic carbocycles. The summed E-state index contributed by atoms with van der Waals surface area (Å²) in [7, 11) is 0. The zero-order valence-corrected chi connectivity index (χ0v) is 20.4. The molecule has 0 aliphatic heterocycles. The summed E-state index contributed by atoms with van der Waals surface area (Å²) in [5.41, 5.74) is 4.39. The summed E-state index contributed by atoms with van der Waals surface area (Å²) in [4.78, 5) is 29.4. The zero-order chi connectivity index (χ0) is 23.6. The minimum atomic E-state index is -0.584.